The average molecular weight is 340 g/mol. The molecule has 0 saturated carbocycles. The molecule has 0 aliphatic carbocycles. The van der Waals surface area contributed by atoms with Gasteiger partial charge in [-0.2, -0.15) is 0 Å². The Labute approximate surface area is 147 Å². The molecular weight excluding hydrogens is 316 g/mol. The Bertz CT molecular complexity index is 756. The van der Waals surface area contributed by atoms with Crippen molar-refractivity contribution in [2.24, 2.45) is 5.92 Å². The summed E-state index contributed by atoms with van der Waals surface area (Å²) in [5.41, 5.74) is 3.69. The van der Waals surface area contributed by atoms with E-state index >= 15 is 0 Å². The highest BCUT2D eigenvalue weighted by atomic mass is 16.2. The van der Waals surface area contributed by atoms with E-state index in [0.717, 1.165) is 43.3 Å². The van der Waals surface area contributed by atoms with E-state index in [1.54, 1.807) is 6.07 Å². The lowest BCUT2D eigenvalue weighted by molar-refractivity contribution is -0.136. The summed E-state index contributed by atoms with van der Waals surface area (Å²) in [4.78, 5) is 29.6. The van der Waals surface area contributed by atoms with Gasteiger partial charge in [0.15, 0.2) is 0 Å². The molecule has 0 radical (unpaired) electrons. The number of amides is 2. The van der Waals surface area contributed by atoms with Gasteiger partial charge in [-0.15, -0.1) is 0 Å². The number of carbonyl (C=O) groups is 2. The van der Waals surface area contributed by atoms with Crippen molar-refractivity contribution in [1.82, 2.24) is 15.4 Å². The van der Waals surface area contributed by atoms with Crippen molar-refractivity contribution in [2.75, 3.05) is 18.4 Å². The molecule has 2 aromatic rings. The van der Waals surface area contributed by atoms with Crippen molar-refractivity contribution >= 4 is 28.5 Å². The minimum absolute atomic E-state index is 0.234. The van der Waals surface area contributed by atoms with Gasteiger partial charge in [0.25, 0.3) is 0 Å². The van der Waals surface area contributed by atoms with Gasteiger partial charge in [-0.25, -0.2) is 9.99 Å². The number of aromatic nitrogens is 1. The topological polar surface area (TPSA) is 74.3 Å². The van der Waals surface area contributed by atoms with Gasteiger partial charge in [0.05, 0.1) is 5.52 Å². The molecule has 0 bridgehead atoms. The molecule has 132 valence electrons. The molecule has 1 aromatic carbocycles. The van der Waals surface area contributed by atoms with Gasteiger partial charge >= 0.3 is 0 Å². The molecule has 1 saturated heterocycles. The zero-order valence-corrected chi connectivity index (χ0v) is 14.5. The number of hydrazine groups is 1. The van der Waals surface area contributed by atoms with Gasteiger partial charge in [-0.3, -0.25) is 15.0 Å². The lowest BCUT2D eigenvalue weighted by atomic mass is 10.0. The third-order valence-electron chi connectivity index (χ3n) is 4.43. The molecule has 2 amide bonds. The van der Waals surface area contributed by atoms with Gasteiger partial charge in [-0.05, 0) is 37.5 Å². The molecule has 6 nitrogen and oxygen atoms in total. The molecule has 0 spiro atoms. The van der Waals surface area contributed by atoms with Crippen LogP contribution in [0.3, 0.4) is 0 Å². The zero-order chi connectivity index (χ0) is 17.6. The summed E-state index contributed by atoms with van der Waals surface area (Å²) in [6, 6.07) is 11.4. The van der Waals surface area contributed by atoms with Crippen molar-refractivity contribution in [2.45, 2.75) is 32.6 Å². The fourth-order valence-corrected chi connectivity index (χ4v) is 3.08. The Morgan fingerprint density at radius 2 is 1.88 bits per heavy atom. The monoisotopic (exact) mass is 340 g/mol. The minimum Gasteiger partial charge on any atom is -0.310 e. The zero-order valence-electron chi connectivity index (χ0n) is 14.5. The van der Waals surface area contributed by atoms with E-state index in [1.807, 2.05) is 42.3 Å². The summed E-state index contributed by atoms with van der Waals surface area (Å²) in [5, 5.41) is 5.70. The van der Waals surface area contributed by atoms with Crippen molar-refractivity contribution in [3.05, 3.63) is 36.4 Å². The van der Waals surface area contributed by atoms with Crippen LogP contribution in [-0.4, -0.2) is 34.9 Å². The fourth-order valence-electron chi connectivity index (χ4n) is 3.08. The summed E-state index contributed by atoms with van der Waals surface area (Å²) in [7, 11) is 0. The molecule has 1 aliphatic heterocycles. The van der Waals surface area contributed by atoms with Crippen LogP contribution in [-0.2, 0) is 9.59 Å². The van der Waals surface area contributed by atoms with Crippen molar-refractivity contribution in [3.63, 3.8) is 0 Å². The molecule has 1 unspecified atom stereocenters. The van der Waals surface area contributed by atoms with Gasteiger partial charge in [-0.1, -0.05) is 31.5 Å². The minimum atomic E-state index is -0.709. The summed E-state index contributed by atoms with van der Waals surface area (Å²) in [5.74, 6) is -0.777. The number of pyridine rings is 1. The molecule has 6 heteroatoms. The van der Waals surface area contributed by atoms with Crippen LogP contribution in [0.5, 0.6) is 0 Å². The number of para-hydroxylation sites is 1. The molecule has 1 fully saturated rings. The van der Waals surface area contributed by atoms with E-state index in [0.29, 0.717) is 12.2 Å². The largest absolute Gasteiger partial charge is 0.310 e. The molecule has 3 rings (SSSR count). The number of nitrogens with one attached hydrogen (secondary N) is 2. The van der Waals surface area contributed by atoms with Crippen molar-refractivity contribution < 1.29 is 9.59 Å². The van der Waals surface area contributed by atoms with Crippen LogP contribution in [0.4, 0.5) is 5.82 Å². The van der Waals surface area contributed by atoms with E-state index < -0.39 is 5.92 Å². The summed E-state index contributed by atoms with van der Waals surface area (Å²) in [6.07, 6.45) is 3.42. The Morgan fingerprint density at radius 3 is 2.64 bits per heavy atom. The lowest BCUT2D eigenvalue weighted by Gasteiger charge is -2.21. The maximum atomic E-state index is 12.6. The predicted octanol–water partition coefficient (Wildman–Crippen LogP) is 2.72. The van der Waals surface area contributed by atoms with E-state index in [1.165, 1.54) is 0 Å². The molecule has 1 aliphatic rings. The number of hydrogen-bond acceptors (Lipinski definition) is 4. The number of hydrogen-bond donors (Lipinski definition) is 2. The maximum Gasteiger partial charge on any atom is 0.246 e. The first-order valence-electron chi connectivity index (χ1n) is 8.89. The first kappa shape index (κ1) is 17.4. The standard InChI is InChI=1S/C19H24N4O2/c1-2-7-15(19(25)22-23-12-5-6-13-23)18(24)21-17-11-10-14-8-3-4-9-16(14)20-17/h3-4,8-11,15H,2,5-7,12-13H2,1H3,(H,22,25)(H,20,21,24). The van der Waals surface area contributed by atoms with E-state index in [4.69, 9.17) is 0 Å². The number of carbonyl (C=O) groups excluding carboxylic acids is 2. The second-order valence-corrected chi connectivity index (χ2v) is 6.39. The first-order chi connectivity index (χ1) is 12.2. The van der Waals surface area contributed by atoms with Crippen LogP contribution < -0.4 is 10.7 Å². The summed E-state index contributed by atoms with van der Waals surface area (Å²) < 4.78 is 0. The van der Waals surface area contributed by atoms with Crippen LogP contribution in [0.2, 0.25) is 0 Å². The van der Waals surface area contributed by atoms with Crippen LogP contribution in [0.1, 0.15) is 32.6 Å². The quantitative estimate of drug-likeness (QED) is 0.793. The number of nitrogens with zero attached hydrogens (tertiary/aromatic N) is 2. The van der Waals surface area contributed by atoms with Crippen molar-refractivity contribution in [3.8, 4) is 0 Å². The second kappa shape index (κ2) is 8.07. The average Bonchev–Trinajstić information content (AvgIpc) is 3.12. The highest BCUT2D eigenvalue weighted by Crippen LogP contribution is 2.17. The van der Waals surface area contributed by atoms with Gasteiger partial charge in [0, 0.05) is 18.5 Å². The third-order valence-corrected chi connectivity index (χ3v) is 4.43. The van der Waals surface area contributed by atoms with Crippen molar-refractivity contribution in [1.29, 1.82) is 0 Å². The van der Waals surface area contributed by atoms with Crippen LogP contribution in [0.15, 0.2) is 36.4 Å². The third kappa shape index (κ3) is 4.33. The number of fused-ring (bicyclic) bond motifs is 1. The van der Waals surface area contributed by atoms with E-state index in [-0.39, 0.29) is 11.8 Å². The Morgan fingerprint density at radius 1 is 1.12 bits per heavy atom. The van der Waals surface area contributed by atoms with Gasteiger partial charge in [0.1, 0.15) is 11.7 Å². The second-order valence-electron chi connectivity index (χ2n) is 6.39. The number of anilines is 1. The van der Waals surface area contributed by atoms with Gasteiger partial charge < -0.3 is 5.32 Å². The SMILES string of the molecule is CCCC(C(=O)Nc1ccc2ccccc2n1)C(=O)NN1CCCC1. The fraction of sp³-hybridized carbons (Fsp3) is 0.421. The smallest absolute Gasteiger partial charge is 0.246 e. The normalized spacial score (nSPS) is 15.9. The molecule has 2 N–H and O–H groups in total. The van der Waals surface area contributed by atoms with E-state index in [2.05, 4.69) is 15.7 Å². The summed E-state index contributed by atoms with van der Waals surface area (Å²) >= 11 is 0. The Hall–Kier alpha value is -2.47. The Balaban J connectivity index is 1.69. The predicted molar refractivity (Wildman–Crippen MR) is 97.7 cm³/mol. The van der Waals surface area contributed by atoms with Crippen LogP contribution >= 0.6 is 0 Å². The summed E-state index contributed by atoms with van der Waals surface area (Å²) in [6.45, 7) is 3.66. The van der Waals surface area contributed by atoms with Gasteiger partial charge in [0.2, 0.25) is 11.8 Å². The first-order valence-corrected chi connectivity index (χ1v) is 8.89. The van der Waals surface area contributed by atoms with Crippen LogP contribution in [0.25, 0.3) is 10.9 Å². The highest BCUT2D eigenvalue weighted by Gasteiger charge is 2.28. The molecule has 25 heavy (non-hydrogen) atoms. The highest BCUT2D eigenvalue weighted by molar-refractivity contribution is 6.06. The maximum absolute atomic E-state index is 12.6. The molecule has 1 atom stereocenters. The molecule has 2 heterocycles. The molecule has 1 aromatic heterocycles. The van der Waals surface area contributed by atoms with Crippen LogP contribution in [0, 0.1) is 5.92 Å². The number of benzene rings is 1. The number of rotatable bonds is 6. The molecular formula is C19H24N4O2. The van der Waals surface area contributed by atoms with E-state index in [9.17, 15) is 9.59 Å². The lowest BCUT2D eigenvalue weighted by Crippen LogP contribution is -2.46. The Kier molecular flexibility index (Phi) is 5.60.